The van der Waals surface area contributed by atoms with Crippen LogP contribution in [0.1, 0.15) is 59.1 Å². The average molecular weight is 381 g/mol. The minimum atomic E-state index is 0.0447. The molecule has 0 aliphatic carbocycles. The van der Waals surface area contributed by atoms with Gasteiger partial charge in [0.05, 0.1) is 0 Å². The fourth-order valence-corrected chi connectivity index (χ4v) is 3.70. The Hall–Kier alpha value is -2.47. The Balaban J connectivity index is 1.72. The van der Waals surface area contributed by atoms with Crippen molar-refractivity contribution in [2.45, 2.75) is 43.5 Å². The maximum Gasteiger partial charge on any atom is 0.191 e. The molecule has 2 heterocycles. The van der Waals surface area contributed by atoms with Gasteiger partial charge in [-0.2, -0.15) is 0 Å². The number of carbonyl (C=O) groups is 1. The number of aryl methyl sites for hydroxylation is 1. The molecule has 140 valence electrons. The predicted molar refractivity (Wildman–Crippen MR) is 108 cm³/mol. The van der Waals surface area contributed by atoms with E-state index in [9.17, 15) is 4.79 Å². The number of benzene rings is 1. The molecule has 0 unspecified atom stereocenters. The molecule has 0 N–H and O–H groups in total. The summed E-state index contributed by atoms with van der Waals surface area (Å²) in [6.45, 7) is 6.36. The number of nitrogens with zero attached hydrogens (tertiary/aromatic N) is 4. The van der Waals surface area contributed by atoms with Crippen molar-refractivity contribution in [1.29, 1.82) is 0 Å². The second kappa shape index (κ2) is 8.48. The van der Waals surface area contributed by atoms with E-state index in [1.807, 2.05) is 35.9 Å². The van der Waals surface area contributed by atoms with Crippen LogP contribution in [-0.2, 0) is 13.5 Å². The second-order valence-corrected chi connectivity index (χ2v) is 8.27. The number of carbonyl (C=O) groups excluding carboxylic acids is 1. The highest BCUT2D eigenvalue weighted by Gasteiger charge is 2.14. The maximum atomic E-state index is 12.7. The van der Waals surface area contributed by atoms with Crippen LogP contribution in [0.4, 0.5) is 0 Å². The molecule has 0 aliphatic rings. The van der Waals surface area contributed by atoms with Crippen molar-refractivity contribution < 1.29 is 4.79 Å². The quantitative estimate of drug-likeness (QED) is 0.442. The van der Waals surface area contributed by atoms with Gasteiger partial charge in [0.1, 0.15) is 12.0 Å². The molecule has 27 heavy (non-hydrogen) atoms. The first-order chi connectivity index (χ1) is 12.9. The number of aromatic nitrogens is 4. The van der Waals surface area contributed by atoms with Crippen LogP contribution in [-0.4, -0.2) is 25.5 Å². The number of pyridine rings is 1. The van der Waals surface area contributed by atoms with Gasteiger partial charge in [0.2, 0.25) is 0 Å². The molecule has 0 bridgehead atoms. The van der Waals surface area contributed by atoms with Crippen molar-refractivity contribution in [2.75, 3.05) is 0 Å². The molecule has 0 saturated heterocycles. The molecule has 1 atom stereocenters. The van der Waals surface area contributed by atoms with Gasteiger partial charge in [0.15, 0.2) is 10.9 Å². The Bertz CT molecular complexity index is 935. The number of ketones is 1. The zero-order chi connectivity index (χ0) is 19.4. The van der Waals surface area contributed by atoms with E-state index in [1.165, 1.54) is 0 Å². The summed E-state index contributed by atoms with van der Waals surface area (Å²) in [6.07, 6.45) is 3.77. The first-order valence-corrected chi connectivity index (χ1v) is 9.90. The molecule has 5 nitrogen and oxygen atoms in total. The molecule has 3 rings (SSSR count). The summed E-state index contributed by atoms with van der Waals surface area (Å²) < 4.78 is 1.90. The topological polar surface area (TPSA) is 60.7 Å². The molecule has 0 spiro atoms. The van der Waals surface area contributed by atoms with Crippen molar-refractivity contribution in [3.8, 4) is 0 Å². The summed E-state index contributed by atoms with van der Waals surface area (Å²) in [6, 6.07) is 12.0. The highest BCUT2D eigenvalue weighted by Crippen LogP contribution is 2.33. The summed E-state index contributed by atoms with van der Waals surface area (Å²) in [5, 5.41) is 9.13. The van der Waals surface area contributed by atoms with Gasteiger partial charge in [-0.1, -0.05) is 49.9 Å². The van der Waals surface area contributed by atoms with Crippen LogP contribution in [0.2, 0.25) is 0 Å². The van der Waals surface area contributed by atoms with E-state index in [-0.39, 0.29) is 11.0 Å². The third-order valence-corrected chi connectivity index (χ3v) is 5.68. The average Bonchev–Trinajstić information content (AvgIpc) is 3.06. The van der Waals surface area contributed by atoms with E-state index in [0.29, 0.717) is 18.0 Å². The highest BCUT2D eigenvalue weighted by atomic mass is 32.2. The van der Waals surface area contributed by atoms with Gasteiger partial charge in [0.25, 0.3) is 0 Å². The minimum Gasteiger partial charge on any atom is -0.312 e. The van der Waals surface area contributed by atoms with Crippen LogP contribution in [0.15, 0.2) is 54.1 Å². The van der Waals surface area contributed by atoms with Gasteiger partial charge in [-0.15, -0.1) is 10.2 Å². The first-order valence-electron chi connectivity index (χ1n) is 9.02. The molecule has 3 aromatic rings. The second-order valence-electron chi connectivity index (χ2n) is 6.96. The summed E-state index contributed by atoms with van der Waals surface area (Å²) in [5.74, 6) is 0.421. The van der Waals surface area contributed by atoms with Crippen molar-refractivity contribution in [2.24, 2.45) is 7.05 Å². The molecule has 6 heteroatoms. The number of Topliss-reactive ketones (excluding diaryl/α,β-unsaturated/α-hetero) is 1. The number of thioether (sulfide) groups is 1. The van der Waals surface area contributed by atoms with Crippen molar-refractivity contribution in [1.82, 2.24) is 19.7 Å². The zero-order valence-corrected chi connectivity index (χ0v) is 16.9. The van der Waals surface area contributed by atoms with Gasteiger partial charge in [0, 0.05) is 24.9 Å². The third-order valence-electron chi connectivity index (χ3n) is 4.47. The first kappa shape index (κ1) is 19.3. The van der Waals surface area contributed by atoms with Crippen LogP contribution >= 0.6 is 11.8 Å². The standard InChI is InChI=1S/C21H24N4OS/c1-14(2)17-8-9-22-19(12-17)20(26)11-16-6-5-7-18(10-16)15(3)27-21-24-23-13-25(21)4/h5-10,12-15H,11H2,1-4H3/t15-/m0/s1. The van der Waals surface area contributed by atoms with E-state index in [0.717, 1.165) is 21.8 Å². The number of hydrogen-bond acceptors (Lipinski definition) is 5. The van der Waals surface area contributed by atoms with Gasteiger partial charge >= 0.3 is 0 Å². The summed E-state index contributed by atoms with van der Waals surface area (Å²) in [4.78, 5) is 16.9. The van der Waals surface area contributed by atoms with Gasteiger partial charge in [-0.3, -0.25) is 9.78 Å². The molecular weight excluding hydrogens is 356 g/mol. The zero-order valence-electron chi connectivity index (χ0n) is 16.1. The summed E-state index contributed by atoms with van der Waals surface area (Å²) in [5.41, 5.74) is 3.83. The summed E-state index contributed by atoms with van der Waals surface area (Å²) in [7, 11) is 1.93. The van der Waals surface area contributed by atoms with Crippen LogP contribution in [0.3, 0.4) is 0 Å². The lowest BCUT2D eigenvalue weighted by atomic mass is 10.00. The SMILES string of the molecule is CC(C)c1ccnc(C(=O)Cc2cccc([C@H](C)Sc3nncn3C)c2)c1. The largest absolute Gasteiger partial charge is 0.312 e. The van der Waals surface area contributed by atoms with Gasteiger partial charge < -0.3 is 4.57 Å². The maximum absolute atomic E-state index is 12.7. The Kier molecular flexibility index (Phi) is 6.06. The van der Waals surface area contributed by atoms with E-state index in [4.69, 9.17) is 0 Å². The smallest absolute Gasteiger partial charge is 0.191 e. The predicted octanol–water partition coefficient (Wildman–Crippen LogP) is 4.61. The Morgan fingerprint density at radius 2 is 1.96 bits per heavy atom. The molecule has 1 aromatic carbocycles. The lowest BCUT2D eigenvalue weighted by molar-refractivity contribution is 0.0988. The monoisotopic (exact) mass is 380 g/mol. The molecule has 0 fully saturated rings. The van der Waals surface area contributed by atoms with E-state index in [2.05, 4.69) is 48.1 Å². The van der Waals surface area contributed by atoms with Crippen LogP contribution in [0, 0.1) is 0 Å². The molecule has 2 aromatic heterocycles. The summed E-state index contributed by atoms with van der Waals surface area (Å²) >= 11 is 1.65. The Labute approximate surface area is 164 Å². The van der Waals surface area contributed by atoms with Gasteiger partial charge in [-0.05, 0) is 41.7 Å². The van der Waals surface area contributed by atoms with Crippen molar-refractivity contribution >= 4 is 17.5 Å². The normalized spacial score (nSPS) is 12.3. The molecule has 0 radical (unpaired) electrons. The Morgan fingerprint density at radius 1 is 1.15 bits per heavy atom. The van der Waals surface area contributed by atoms with Crippen molar-refractivity contribution in [3.05, 3.63) is 71.3 Å². The lowest BCUT2D eigenvalue weighted by Crippen LogP contribution is -2.07. The highest BCUT2D eigenvalue weighted by molar-refractivity contribution is 7.99. The van der Waals surface area contributed by atoms with E-state index >= 15 is 0 Å². The van der Waals surface area contributed by atoms with Crippen LogP contribution < -0.4 is 0 Å². The van der Waals surface area contributed by atoms with Crippen LogP contribution in [0.5, 0.6) is 0 Å². The van der Waals surface area contributed by atoms with Gasteiger partial charge in [-0.25, -0.2) is 0 Å². The fourth-order valence-electron chi connectivity index (χ4n) is 2.80. The minimum absolute atomic E-state index is 0.0447. The molecule has 0 saturated carbocycles. The fraction of sp³-hybridized carbons (Fsp3) is 0.333. The third kappa shape index (κ3) is 4.83. The van der Waals surface area contributed by atoms with Crippen molar-refractivity contribution in [3.63, 3.8) is 0 Å². The van der Waals surface area contributed by atoms with Crippen LogP contribution in [0.25, 0.3) is 0 Å². The van der Waals surface area contributed by atoms with E-state index < -0.39 is 0 Å². The molecular formula is C21H24N4OS. The van der Waals surface area contributed by atoms with E-state index in [1.54, 1.807) is 24.3 Å². The Morgan fingerprint density at radius 3 is 2.67 bits per heavy atom. The molecule has 0 aliphatic heterocycles. The lowest BCUT2D eigenvalue weighted by Gasteiger charge is -2.12. The molecule has 0 amide bonds. The number of rotatable bonds is 7. The number of hydrogen-bond donors (Lipinski definition) is 0.